The molecule has 1 fully saturated rings. The van der Waals surface area contributed by atoms with Crippen LogP contribution in [0.3, 0.4) is 0 Å². The summed E-state index contributed by atoms with van der Waals surface area (Å²) >= 11 is 0. The molecule has 0 bridgehead atoms. The van der Waals surface area contributed by atoms with E-state index >= 15 is 0 Å². The van der Waals surface area contributed by atoms with E-state index in [1.54, 1.807) is 6.07 Å². The number of rotatable bonds is 4. The predicted molar refractivity (Wildman–Crippen MR) is 72.2 cm³/mol. The van der Waals surface area contributed by atoms with Crippen LogP contribution in [0.1, 0.15) is 38.2 Å². The van der Waals surface area contributed by atoms with E-state index in [1.807, 2.05) is 7.05 Å². The van der Waals surface area contributed by atoms with Gasteiger partial charge in [0.2, 0.25) is 0 Å². The normalized spacial score (nSPS) is 20.2. The predicted octanol–water partition coefficient (Wildman–Crippen LogP) is 2.71. The Kier molecular flexibility index (Phi) is 4.53. The number of halogens is 1. The van der Waals surface area contributed by atoms with Gasteiger partial charge in [0, 0.05) is 24.7 Å². The van der Waals surface area contributed by atoms with E-state index in [2.05, 4.69) is 22.1 Å². The highest BCUT2D eigenvalue weighted by Crippen LogP contribution is 2.27. The standard InChI is InChI=1S/C14H22FN3/c1-3-13-6-4-5-7-18(13)14-11(9-16-2)8-12(15)10-17-14/h8,10,13,16H,3-7,9H2,1-2H3. The highest BCUT2D eigenvalue weighted by Gasteiger charge is 2.24. The maximum Gasteiger partial charge on any atom is 0.141 e. The van der Waals surface area contributed by atoms with E-state index in [4.69, 9.17) is 0 Å². The first-order chi connectivity index (χ1) is 8.76. The molecule has 1 aliphatic rings. The molecule has 2 heterocycles. The van der Waals surface area contributed by atoms with Crippen LogP contribution in [0, 0.1) is 5.82 Å². The van der Waals surface area contributed by atoms with E-state index in [-0.39, 0.29) is 5.82 Å². The maximum atomic E-state index is 13.3. The van der Waals surface area contributed by atoms with Crippen molar-refractivity contribution in [1.29, 1.82) is 0 Å². The van der Waals surface area contributed by atoms with Crippen molar-refractivity contribution in [3.05, 3.63) is 23.6 Å². The molecule has 1 aliphatic heterocycles. The SMILES string of the molecule is CCC1CCCCN1c1ncc(F)cc1CNC. The van der Waals surface area contributed by atoms with Crippen LogP contribution in [0.5, 0.6) is 0 Å². The molecule has 0 spiro atoms. The Labute approximate surface area is 108 Å². The van der Waals surface area contributed by atoms with E-state index in [0.29, 0.717) is 12.6 Å². The largest absolute Gasteiger partial charge is 0.353 e. The number of nitrogens with one attached hydrogen (secondary N) is 1. The molecule has 1 unspecified atom stereocenters. The van der Waals surface area contributed by atoms with Gasteiger partial charge in [-0.2, -0.15) is 0 Å². The van der Waals surface area contributed by atoms with Crippen LogP contribution in [-0.4, -0.2) is 24.6 Å². The number of hydrogen-bond donors (Lipinski definition) is 1. The number of aromatic nitrogens is 1. The average Bonchev–Trinajstić information content (AvgIpc) is 2.39. The summed E-state index contributed by atoms with van der Waals surface area (Å²) in [4.78, 5) is 6.69. The van der Waals surface area contributed by atoms with E-state index in [0.717, 1.165) is 24.3 Å². The molecule has 0 amide bonds. The first-order valence-electron chi connectivity index (χ1n) is 6.82. The molecule has 2 rings (SSSR count). The third kappa shape index (κ3) is 2.80. The third-order valence-electron chi connectivity index (χ3n) is 3.65. The van der Waals surface area contributed by atoms with Crippen LogP contribution in [0.15, 0.2) is 12.3 Å². The van der Waals surface area contributed by atoms with Gasteiger partial charge in [0.15, 0.2) is 0 Å². The lowest BCUT2D eigenvalue weighted by Crippen LogP contribution is -2.40. The molecule has 1 aromatic heterocycles. The molecule has 18 heavy (non-hydrogen) atoms. The maximum absolute atomic E-state index is 13.3. The minimum Gasteiger partial charge on any atom is -0.353 e. The number of hydrogen-bond acceptors (Lipinski definition) is 3. The van der Waals surface area contributed by atoms with Gasteiger partial charge < -0.3 is 10.2 Å². The average molecular weight is 251 g/mol. The molecule has 4 heteroatoms. The molecule has 3 nitrogen and oxygen atoms in total. The summed E-state index contributed by atoms with van der Waals surface area (Å²) in [7, 11) is 1.88. The smallest absolute Gasteiger partial charge is 0.141 e. The molecule has 0 radical (unpaired) electrons. The van der Waals surface area contributed by atoms with E-state index in [9.17, 15) is 4.39 Å². The van der Waals surface area contributed by atoms with Crippen LogP contribution in [0.2, 0.25) is 0 Å². The molecule has 0 saturated carbocycles. The van der Waals surface area contributed by atoms with Crippen molar-refractivity contribution in [3.63, 3.8) is 0 Å². The molecule has 0 aliphatic carbocycles. The van der Waals surface area contributed by atoms with E-state index in [1.165, 1.54) is 25.5 Å². The Hall–Kier alpha value is -1.16. The second-order valence-corrected chi connectivity index (χ2v) is 4.92. The number of pyridine rings is 1. The van der Waals surface area contributed by atoms with Crippen molar-refractivity contribution in [2.45, 2.75) is 45.2 Å². The number of piperidine rings is 1. The van der Waals surface area contributed by atoms with Crippen LogP contribution >= 0.6 is 0 Å². The van der Waals surface area contributed by atoms with Gasteiger partial charge >= 0.3 is 0 Å². The van der Waals surface area contributed by atoms with Gasteiger partial charge in [-0.1, -0.05) is 6.92 Å². The molecular weight excluding hydrogens is 229 g/mol. The number of nitrogens with zero attached hydrogens (tertiary/aromatic N) is 2. The zero-order valence-corrected chi connectivity index (χ0v) is 11.2. The minimum absolute atomic E-state index is 0.256. The highest BCUT2D eigenvalue weighted by atomic mass is 19.1. The van der Waals surface area contributed by atoms with E-state index < -0.39 is 0 Å². The molecule has 100 valence electrons. The second kappa shape index (κ2) is 6.14. The zero-order valence-electron chi connectivity index (χ0n) is 11.2. The van der Waals surface area contributed by atoms with Crippen molar-refractivity contribution in [2.24, 2.45) is 0 Å². The van der Waals surface area contributed by atoms with Gasteiger partial charge in [0.25, 0.3) is 0 Å². The van der Waals surface area contributed by atoms with Crippen molar-refractivity contribution >= 4 is 5.82 Å². The monoisotopic (exact) mass is 251 g/mol. The van der Waals surface area contributed by atoms with Crippen molar-refractivity contribution in [2.75, 3.05) is 18.5 Å². The fourth-order valence-electron chi connectivity index (χ4n) is 2.76. The summed E-state index contributed by atoms with van der Waals surface area (Å²) in [5.74, 6) is 0.700. The van der Waals surface area contributed by atoms with Gasteiger partial charge in [-0.15, -0.1) is 0 Å². The Morgan fingerprint density at radius 2 is 2.33 bits per heavy atom. The lowest BCUT2D eigenvalue weighted by molar-refractivity contribution is 0.444. The third-order valence-corrected chi connectivity index (χ3v) is 3.65. The summed E-state index contributed by atoms with van der Waals surface area (Å²) in [5, 5.41) is 3.09. The summed E-state index contributed by atoms with van der Waals surface area (Å²) in [6.45, 7) is 3.91. The zero-order chi connectivity index (χ0) is 13.0. The van der Waals surface area contributed by atoms with Gasteiger partial charge in [0.1, 0.15) is 11.6 Å². The van der Waals surface area contributed by atoms with Crippen LogP contribution in [0.25, 0.3) is 0 Å². The van der Waals surface area contributed by atoms with Crippen molar-refractivity contribution in [3.8, 4) is 0 Å². The quantitative estimate of drug-likeness (QED) is 0.892. The fraction of sp³-hybridized carbons (Fsp3) is 0.643. The molecular formula is C14H22FN3. The minimum atomic E-state index is -0.256. The Morgan fingerprint density at radius 3 is 3.06 bits per heavy atom. The Morgan fingerprint density at radius 1 is 1.50 bits per heavy atom. The first kappa shape index (κ1) is 13.3. The molecule has 0 aromatic carbocycles. The van der Waals surface area contributed by atoms with Crippen LogP contribution < -0.4 is 10.2 Å². The topological polar surface area (TPSA) is 28.2 Å². The molecule has 1 atom stereocenters. The molecule has 1 saturated heterocycles. The van der Waals surface area contributed by atoms with Gasteiger partial charge in [-0.25, -0.2) is 9.37 Å². The summed E-state index contributed by atoms with van der Waals surface area (Å²) in [6.07, 6.45) is 6.16. The van der Waals surface area contributed by atoms with Crippen LogP contribution in [-0.2, 0) is 6.54 Å². The van der Waals surface area contributed by atoms with Crippen molar-refractivity contribution in [1.82, 2.24) is 10.3 Å². The first-order valence-corrected chi connectivity index (χ1v) is 6.82. The highest BCUT2D eigenvalue weighted by molar-refractivity contribution is 5.48. The summed E-state index contributed by atoms with van der Waals surface area (Å²) in [6, 6.07) is 2.15. The molecule has 1 N–H and O–H groups in total. The summed E-state index contributed by atoms with van der Waals surface area (Å²) in [5.41, 5.74) is 0.956. The lowest BCUT2D eigenvalue weighted by atomic mass is 9.99. The van der Waals surface area contributed by atoms with Gasteiger partial charge in [0.05, 0.1) is 6.20 Å². The number of anilines is 1. The molecule has 1 aromatic rings. The van der Waals surface area contributed by atoms with Crippen molar-refractivity contribution < 1.29 is 4.39 Å². The van der Waals surface area contributed by atoms with Gasteiger partial charge in [-0.3, -0.25) is 0 Å². The van der Waals surface area contributed by atoms with Gasteiger partial charge in [-0.05, 0) is 38.8 Å². The second-order valence-electron chi connectivity index (χ2n) is 4.92. The van der Waals surface area contributed by atoms with Crippen LogP contribution in [0.4, 0.5) is 10.2 Å². The summed E-state index contributed by atoms with van der Waals surface area (Å²) < 4.78 is 13.3. The Balaban J connectivity index is 2.29. The Bertz CT molecular complexity index is 395. The lowest BCUT2D eigenvalue weighted by Gasteiger charge is -2.37. The fourth-order valence-corrected chi connectivity index (χ4v) is 2.76.